The number of methoxy groups -OCH3 is 1. The number of hydrogen-bond acceptors (Lipinski definition) is 4. The Bertz CT molecular complexity index is 1140. The van der Waals surface area contributed by atoms with Gasteiger partial charge >= 0.3 is 0 Å². The van der Waals surface area contributed by atoms with Crippen molar-refractivity contribution in [3.8, 4) is 17.2 Å². The van der Waals surface area contributed by atoms with Crippen LogP contribution in [-0.4, -0.2) is 18.0 Å². The number of rotatable bonds is 4. The van der Waals surface area contributed by atoms with Crippen LogP contribution in [0, 0.1) is 0 Å². The van der Waals surface area contributed by atoms with Crippen LogP contribution in [0.2, 0.25) is 0 Å². The van der Waals surface area contributed by atoms with Gasteiger partial charge in [0.1, 0.15) is 11.3 Å². The van der Waals surface area contributed by atoms with E-state index in [2.05, 4.69) is 26.2 Å². The third-order valence-corrected chi connectivity index (χ3v) is 4.54. The van der Waals surface area contributed by atoms with Crippen molar-refractivity contribution >= 4 is 38.6 Å². The molecule has 0 aliphatic rings. The lowest BCUT2D eigenvalue weighted by molar-refractivity contribution is 0.102. The lowest BCUT2D eigenvalue weighted by Gasteiger charge is -2.05. The SMILES string of the molecule is COc1cccc(-c2nc3ccc(NC(=O)c4cccc(Br)c4)cc3o2)c1. The number of nitrogens with zero attached hydrogens (tertiary/aromatic N) is 1. The van der Waals surface area contributed by atoms with Crippen LogP contribution in [0.3, 0.4) is 0 Å². The molecule has 0 unspecified atom stereocenters. The molecule has 0 atom stereocenters. The zero-order valence-corrected chi connectivity index (χ0v) is 16.0. The van der Waals surface area contributed by atoms with Crippen molar-refractivity contribution in [1.82, 2.24) is 4.98 Å². The molecule has 1 amide bonds. The lowest BCUT2D eigenvalue weighted by Crippen LogP contribution is -2.11. The number of aromatic nitrogens is 1. The second-order valence-electron chi connectivity index (χ2n) is 5.90. The third kappa shape index (κ3) is 3.71. The smallest absolute Gasteiger partial charge is 0.255 e. The van der Waals surface area contributed by atoms with Gasteiger partial charge in [0.15, 0.2) is 5.58 Å². The highest BCUT2D eigenvalue weighted by molar-refractivity contribution is 9.10. The molecular formula is C21H15BrN2O3. The van der Waals surface area contributed by atoms with Crippen LogP contribution in [0.1, 0.15) is 10.4 Å². The Labute approximate surface area is 164 Å². The van der Waals surface area contributed by atoms with Gasteiger partial charge in [-0.25, -0.2) is 4.98 Å². The molecule has 3 aromatic carbocycles. The molecule has 1 heterocycles. The molecule has 4 aromatic rings. The molecular weight excluding hydrogens is 408 g/mol. The Morgan fingerprint density at radius 3 is 2.74 bits per heavy atom. The lowest BCUT2D eigenvalue weighted by atomic mass is 10.2. The van der Waals surface area contributed by atoms with Gasteiger partial charge in [0, 0.05) is 27.4 Å². The van der Waals surface area contributed by atoms with Crippen molar-refractivity contribution in [1.29, 1.82) is 0 Å². The first-order valence-corrected chi connectivity index (χ1v) is 9.03. The summed E-state index contributed by atoms with van der Waals surface area (Å²) in [6.45, 7) is 0. The maximum absolute atomic E-state index is 12.4. The van der Waals surface area contributed by atoms with Crippen LogP contribution in [0.5, 0.6) is 5.75 Å². The fourth-order valence-electron chi connectivity index (χ4n) is 2.71. The first-order chi connectivity index (χ1) is 13.1. The van der Waals surface area contributed by atoms with E-state index < -0.39 is 0 Å². The molecule has 134 valence electrons. The number of hydrogen-bond donors (Lipinski definition) is 1. The minimum absolute atomic E-state index is 0.191. The predicted octanol–water partition coefficient (Wildman–Crippen LogP) is 5.52. The standard InChI is InChI=1S/C21H15BrN2O3/c1-26-17-7-3-5-14(11-17)21-24-18-9-8-16(12-19(18)27-21)23-20(25)13-4-2-6-15(22)10-13/h2-12H,1H3,(H,23,25). The van der Waals surface area contributed by atoms with E-state index in [1.54, 1.807) is 31.4 Å². The molecule has 6 heteroatoms. The van der Waals surface area contributed by atoms with Crippen LogP contribution < -0.4 is 10.1 Å². The summed E-state index contributed by atoms with van der Waals surface area (Å²) in [7, 11) is 1.62. The van der Waals surface area contributed by atoms with Gasteiger partial charge in [-0.2, -0.15) is 0 Å². The van der Waals surface area contributed by atoms with E-state index in [9.17, 15) is 4.79 Å². The molecule has 1 N–H and O–H groups in total. The number of ether oxygens (including phenoxy) is 1. The molecule has 0 spiro atoms. The van der Waals surface area contributed by atoms with Gasteiger partial charge in [-0.15, -0.1) is 0 Å². The van der Waals surface area contributed by atoms with Crippen molar-refractivity contribution in [3.05, 3.63) is 76.8 Å². The van der Waals surface area contributed by atoms with Gasteiger partial charge in [0.05, 0.1) is 7.11 Å². The zero-order valence-electron chi connectivity index (χ0n) is 14.4. The van der Waals surface area contributed by atoms with Crippen LogP contribution in [-0.2, 0) is 0 Å². The van der Waals surface area contributed by atoms with E-state index in [1.165, 1.54) is 0 Å². The normalized spacial score (nSPS) is 10.7. The summed E-state index contributed by atoms with van der Waals surface area (Å²) < 4.78 is 12.0. The van der Waals surface area contributed by atoms with E-state index in [4.69, 9.17) is 9.15 Å². The average Bonchev–Trinajstić information content (AvgIpc) is 3.11. The quantitative estimate of drug-likeness (QED) is 0.470. The number of carbonyl (C=O) groups excluding carboxylic acids is 1. The zero-order chi connectivity index (χ0) is 18.8. The van der Waals surface area contributed by atoms with Crippen LogP contribution >= 0.6 is 15.9 Å². The number of nitrogens with one attached hydrogen (secondary N) is 1. The maximum Gasteiger partial charge on any atom is 0.255 e. The molecule has 27 heavy (non-hydrogen) atoms. The number of anilines is 1. The summed E-state index contributed by atoms with van der Waals surface area (Å²) in [4.78, 5) is 16.9. The Morgan fingerprint density at radius 1 is 1.07 bits per heavy atom. The van der Waals surface area contributed by atoms with Gasteiger partial charge in [0.2, 0.25) is 5.89 Å². The largest absolute Gasteiger partial charge is 0.497 e. The van der Waals surface area contributed by atoms with Crippen molar-refractivity contribution in [2.45, 2.75) is 0 Å². The van der Waals surface area contributed by atoms with Crippen molar-refractivity contribution in [2.24, 2.45) is 0 Å². The van der Waals surface area contributed by atoms with Crippen LogP contribution in [0.4, 0.5) is 5.69 Å². The summed E-state index contributed by atoms with van der Waals surface area (Å²) in [6.07, 6.45) is 0. The number of halogens is 1. The van der Waals surface area contributed by atoms with Crippen molar-refractivity contribution in [3.63, 3.8) is 0 Å². The molecule has 1 aromatic heterocycles. The van der Waals surface area contributed by atoms with Crippen molar-refractivity contribution < 1.29 is 13.9 Å². The molecule has 0 radical (unpaired) electrons. The Hall–Kier alpha value is -3.12. The fraction of sp³-hybridized carbons (Fsp3) is 0.0476. The highest BCUT2D eigenvalue weighted by Crippen LogP contribution is 2.28. The Balaban J connectivity index is 1.61. The summed E-state index contributed by atoms with van der Waals surface area (Å²) in [5.74, 6) is 1.04. The molecule has 0 aliphatic carbocycles. The van der Waals surface area contributed by atoms with E-state index in [0.717, 1.165) is 15.8 Å². The molecule has 4 rings (SSSR count). The fourth-order valence-corrected chi connectivity index (χ4v) is 3.11. The monoisotopic (exact) mass is 422 g/mol. The molecule has 0 bridgehead atoms. The molecule has 0 fully saturated rings. The summed E-state index contributed by atoms with van der Waals surface area (Å²) >= 11 is 3.37. The van der Waals surface area contributed by atoms with Crippen molar-refractivity contribution in [2.75, 3.05) is 12.4 Å². The van der Waals surface area contributed by atoms with Crippen LogP contribution in [0.15, 0.2) is 75.6 Å². The topological polar surface area (TPSA) is 64.4 Å². The van der Waals surface area contributed by atoms with E-state index in [1.807, 2.05) is 42.5 Å². The second-order valence-corrected chi connectivity index (χ2v) is 6.81. The van der Waals surface area contributed by atoms with Gasteiger partial charge in [-0.1, -0.05) is 28.1 Å². The van der Waals surface area contributed by atoms with E-state index in [0.29, 0.717) is 28.2 Å². The van der Waals surface area contributed by atoms with Gasteiger partial charge in [-0.3, -0.25) is 4.79 Å². The van der Waals surface area contributed by atoms with Crippen LogP contribution in [0.25, 0.3) is 22.6 Å². The first-order valence-electron chi connectivity index (χ1n) is 8.24. The molecule has 5 nitrogen and oxygen atoms in total. The summed E-state index contributed by atoms with van der Waals surface area (Å²) in [5, 5.41) is 2.88. The average molecular weight is 423 g/mol. The highest BCUT2D eigenvalue weighted by atomic mass is 79.9. The molecule has 0 saturated heterocycles. The predicted molar refractivity (Wildman–Crippen MR) is 108 cm³/mol. The Kier molecular flexibility index (Phi) is 4.64. The highest BCUT2D eigenvalue weighted by Gasteiger charge is 2.11. The Morgan fingerprint density at radius 2 is 1.93 bits per heavy atom. The molecule has 0 aliphatic heterocycles. The minimum Gasteiger partial charge on any atom is -0.497 e. The first kappa shape index (κ1) is 17.3. The summed E-state index contributed by atoms with van der Waals surface area (Å²) in [6, 6.07) is 20.1. The van der Waals surface area contributed by atoms with E-state index in [-0.39, 0.29) is 5.91 Å². The number of amides is 1. The van der Waals surface area contributed by atoms with E-state index >= 15 is 0 Å². The number of carbonyl (C=O) groups is 1. The maximum atomic E-state index is 12.4. The third-order valence-electron chi connectivity index (χ3n) is 4.05. The summed E-state index contributed by atoms with van der Waals surface area (Å²) in [5.41, 5.74) is 3.35. The second kappa shape index (κ2) is 7.25. The number of benzene rings is 3. The number of oxazole rings is 1. The van der Waals surface area contributed by atoms with Gasteiger partial charge in [-0.05, 0) is 48.5 Å². The van der Waals surface area contributed by atoms with Gasteiger partial charge < -0.3 is 14.5 Å². The molecule has 0 saturated carbocycles. The van der Waals surface area contributed by atoms with Gasteiger partial charge in [0.25, 0.3) is 5.91 Å². The minimum atomic E-state index is -0.191. The number of fused-ring (bicyclic) bond motifs is 1.